The summed E-state index contributed by atoms with van der Waals surface area (Å²) < 4.78 is 6.30. The summed E-state index contributed by atoms with van der Waals surface area (Å²) in [5.41, 5.74) is 3.22. The molecule has 2 heterocycles. The van der Waals surface area contributed by atoms with Gasteiger partial charge in [0.1, 0.15) is 10.8 Å². The van der Waals surface area contributed by atoms with Crippen molar-refractivity contribution in [2.45, 2.75) is 24.6 Å². The van der Waals surface area contributed by atoms with Crippen molar-refractivity contribution in [1.82, 2.24) is 10.1 Å². The Labute approximate surface area is 163 Å². The van der Waals surface area contributed by atoms with Crippen LogP contribution >= 0.6 is 34.4 Å². The van der Waals surface area contributed by atoms with Gasteiger partial charge in [-0.3, -0.25) is 4.79 Å². The van der Waals surface area contributed by atoms with Gasteiger partial charge in [0, 0.05) is 26.8 Å². The van der Waals surface area contributed by atoms with Gasteiger partial charge >= 0.3 is 0 Å². The Kier molecular flexibility index (Phi) is 5.74. The molecule has 1 amide bonds. The predicted molar refractivity (Wildman–Crippen MR) is 107 cm³/mol. The highest BCUT2D eigenvalue weighted by atomic mass is 127. The van der Waals surface area contributed by atoms with Gasteiger partial charge in [0.2, 0.25) is 0 Å². The van der Waals surface area contributed by atoms with Crippen molar-refractivity contribution in [2.24, 2.45) is 0 Å². The topological polar surface area (TPSA) is 68.0 Å². The van der Waals surface area contributed by atoms with Crippen molar-refractivity contribution >= 4 is 45.9 Å². The number of halogens is 1. The quantitative estimate of drug-likeness (QED) is 0.432. The van der Waals surface area contributed by atoms with Crippen LogP contribution in [-0.4, -0.2) is 16.0 Å². The highest BCUT2D eigenvalue weighted by molar-refractivity contribution is 14.1. The summed E-state index contributed by atoms with van der Waals surface area (Å²) in [7, 11) is 0. The summed E-state index contributed by atoms with van der Waals surface area (Å²) >= 11 is 3.73. The third kappa shape index (κ3) is 4.40. The zero-order chi connectivity index (χ0) is 17.8. The van der Waals surface area contributed by atoms with E-state index in [1.54, 1.807) is 18.3 Å². The minimum atomic E-state index is -0.171. The molecular weight excluding hydrogens is 449 g/mol. The van der Waals surface area contributed by atoms with Crippen LogP contribution in [0.1, 0.15) is 27.4 Å². The van der Waals surface area contributed by atoms with Gasteiger partial charge in [0.05, 0.1) is 11.3 Å². The van der Waals surface area contributed by atoms with Crippen LogP contribution in [0.5, 0.6) is 0 Å². The third-order valence-corrected chi connectivity index (χ3v) is 5.40. The summed E-state index contributed by atoms with van der Waals surface area (Å²) in [5.74, 6) is 1.28. The summed E-state index contributed by atoms with van der Waals surface area (Å²) in [4.78, 5) is 17.0. The zero-order valence-electron chi connectivity index (χ0n) is 13.7. The van der Waals surface area contributed by atoms with Gasteiger partial charge in [-0.25, -0.2) is 4.98 Å². The fourth-order valence-corrected chi connectivity index (χ4v) is 3.76. The van der Waals surface area contributed by atoms with Gasteiger partial charge in [-0.15, -0.1) is 11.8 Å². The van der Waals surface area contributed by atoms with Crippen LogP contribution in [0.2, 0.25) is 0 Å². The number of nitrogens with one attached hydrogen (secondary N) is 1. The lowest BCUT2D eigenvalue weighted by molar-refractivity contribution is 0.102. The van der Waals surface area contributed by atoms with E-state index in [0.29, 0.717) is 16.3 Å². The molecule has 0 saturated carbocycles. The van der Waals surface area contributed by atoms with Crippen molar-refractivity contribution < 1.29 is 9.32 Å². The van der Waals surface area contributed by atoms with Gasteiger partial charge < -0.3 is 9.84 Å². The van der Waals surface area contributed by atoms with Gasteiger partial charge in [-0.1, -0.05) is 5.16 Å². The van der Waals surface area contributed by atoms with Crippen LogP contribution in [0.25, 0.3) is 0 Å². The van der Waals surface area contributed by atoms with Crippen LogP contribution in [0.15, 0.2) is 52.1 Å². The Morgan fingerprint density at radius 1 is 1.24 bits per heavy atom. The molecule has 5 nitrogen and oxygen atoms in total. The number of benzene rings is 1. The Morgan fingerprint density at radius 3 is 2.68 bits per heavy atom. The molecule has 7 heteroatoms. The Bertz CT molecular complexity index is 874. The molecule has 128 valence electrons. The van der Waals surface area contributed by atoms with E-state index in [1.165, 1.54) is 11.8 Å². The molecule has 2 aromatic heterocycles. The Hall–Kier alpha value is -1.87. The molecule has 1 N–H and O–H groups in total. The highest BCUT2D eigenvalue weighted by Gasteiger charge is 2.15. The Balaban J connectivity index is 1.76. The molecule has 25 heavy (non-hydrogen) atoms. The normalized spacial score (nSPS) is 10.7. The average molecular weight is 465 g/mol. The van der Waals surface area contributed by atoms with Crippen molar-refractivity contribution in [1.29, 1.82) is 0 Å². The first kappa shape index (κ1) is 17.9. The van der Waals surface area contributed by atoms with Crippen LogP contribution in [0, 0.1) is 17.4 Å². The molecule has 0 aliphatic rings. The maximum Gasteiger partial charge on any atom is 0.258 e. The molecular formula is C18H16IN3O2S. The lowest BCUT2D eigenvalue weighted by Gasteiger charge is -2.09. The lowest BCUT2D eigenvalue weighted by atomic mass is 10.2. The first-order valence-corrected chi connectivity index (χ1v) is 9.67. The largest absolute Gasteiger partial charge is 0.361 e. The second kappa shape index (κ2) is 8.01. The number of hydrogen-bond acceptors (Lipinski definition) is 5. The Morgan fingerprint density at radius 2 is 2.00 bits per heavy atom. The number of carbonyl (C=O) groups excluding carboxylic acids is 1. The number of thioether (sulfide) groups is 1. The minimum Gasteiger partial charge on any atom is -0.361 e. The number of pyridine rings is 1. The van der Waals surface area contributed by atoms with Crippen molar-refractivity contribution in [3.05, 3.63) is 68.7 Å². The summed E-state index contributed by atoms with van der Waals surface area (Å²) in [5, 5.41) is 7.56. The van der Waals surface area contributed by atoms with E-state index in [4.69, 9.17) is 4.52 Å². The predicted octanol–water partition coefficient (Wildman–Crippen LogP) is 4.84. The summed E-state index contributed by atoms with van der Waals surface area (Å²) in [6.45, 7) is 3.80. The standard InChI is InChI=1S/C18H16IN3O2S/c1-11-16(12(2)24-22-11)10-25-18-15(4-3-9-20-18)17(23)21-14-7-5-13(19)6-8-14/h3-9H,10H2,1-2H3,(H,21,23). The van der Waals surface area contributed by atoms with E-state index < -0.39 is 0 Å². The molecule has 3 aromatic rings. The van der Waals surface area contributed by atoms with E-state index in [-0.39, 0.29) is 5.91 Å². The summed E-state index contributed by atoms with van der Waals surface area (Å²) in [6, 6.07) is 11.2. The molecule has 0 spiro atoms. The maximum atomic E-state index is 12.6. The number of aryl methyl sites for hydroxylation is 2. The fourth-order valence-electron chi connectivity index (χ4n) is 2.26. The number of hydrogen-bond donors (Lipinski definition) is 1. The maximum absolute atomic E-state index is 12.6. The smallest absolute Gasteiger partial charge is 0.258 e. The molecule has 0 radical (unpaired) electrons. The van der Waals surface area contributed by atoms with E-state index in [1.807, 2.05) is 38.1 Å². The molecule has 1 aromatic carbocycles. The lowest BCUT2D eigenvalue weighted by Crippen LogP contribution is -2.13. The van der Waals surface area contributed by atoms with E-state index in [9.17, 15) is 4.79 Å². The van der Waals surface area contributed by atoms with Gasteiger partial charge in [-0.2, -0.15) is 0 Å². The van der Waals surface area contributed by atoms with Crippen LogP contribution in [-0.2, 0) is 5.75 Å². The van der Waals surface area contributed by atoms with Gasteiger partial charge in [0.15, 0.2) is 0 Å². The van der Waals surface area contributed by atoms with E-state index in [0.717, 1.165) is 26.3 Å². The van der Waals surface area contributed by atoms with Crippen LogP contribution < -0.4 is 5.32 Å². The number of amides is 1. The molecule has 0 atom stereocenters. The number of anilines is 1. The molecule has 0 fully saturated rings. The highest BCUT2D eigenvalue weighted by Crippen LogP contribution is 2.27. The van der Waals surface area contributed by atoms with Crippen LogP contribution in [0.3, 0.4) is 0 Å². The minimum absolute atomic E-state index is 0.171. The molecule has 0 aliphatic heterocycles. The van der Waals surface area contributed by atoms with Crippen molar-refractivity contribution in [3.63, 3.8) is 0 Å². The molecule has 0 saturated heterocycles. The van der Waals surface area contributed by atoms with Gasteiger partial charge in [0.25, 0.3) is 5.91 Å². The zero-order valence-corrected chi connectivity index (χ0v) is 16.7. The third-order valence-electron chi connectivity index (χ3n) is 3.65. The van der Waals surface area contributed by atoms with E-state index >= 15 is 0 Å². The summed E-state index contributed by atoms with van der Waals surface area (Å²) in [6.07, 6.45) is 1.69. The first-order chi connectivity index (χ1) is 12.0. The number of aromatic nitrogens is 2. The number of nitrogens with zero attached hydrogens (tertiary/aromatic N) is 2. The number of rotatable bonds is 5. The van der Waals surface area contributed by atoms with Crippen LogP contribution in [0.4, 0.5) is 5.69 Å². The molecule has 0 bridgehead atoms. The second-order valence-corrected chi connectivity index (χ2v) is 7.62. The number of carbonyl (C=O) groups is 1. The second-order valence-electron chi connectivity index (χ2n) is 5.41. The van der Waals surface area contributed by atoms with Gasteiger partial charge in [-0.05, 0) is 72.8 Å². The molecule has 3 rings (SSSR count). The molecule has 0 unspecified atom stereocenters. The average Bonchev–Trinajstić information content (AvgIpc) is 2.93. The van der Waals surface area contributed by atoms with E-state index in [2.05, 4.69) is 38.0 Å². The van der Waals surface area contributed by atoms with Crippen molar-refractivity contribution in [3.8, 4) is 0 Å². The first-order valence-electron chi connectivity index (χ1n) is 7.61. The fraction of sp³-hybridized carbons (Fsp3) is 0.167. The SMILES string of the molecule is Cc1noc(C)c1CSc1ncccc1C(=O)Nc1ccc(I)cc1. The molecule has 0 aliphatic carbocycles. The monoisotopic (exact) mass is 465 g/mol. The van der Waals surface area contributed by atoms with Crippen molar-refractivity contribution in [2.75, 3.05) is 5.32 Å².